The highest BCUT2D eigenvalue weighted by atomic mass is 35.5. The van der Waals surface area contributed by atoms with Crippen LogP contribution in [0.15, 0.2) is 28.6 Å². The lowest BCUT2D eigenvalue weighted by Gasteiger charge is -2.08. The number of rotatable bonds is 4. The molecule has 0 bridgehead atoms. The molecule has 2 aromatic rings. The smallest absolute Gasteiger partial charge is 0.273 e. The fourth-order valence-corrected chi connectivity index (χ4v) is 3.63. The highest BCUT2D eigenvalue weighted by molar-refractivity contribution is 7.94. The monoisotopic (exact) mass is 322 g/mol. The number of nitrogens with zero attached hydrogens (tertiary/aromatic N) is 1. The molecule has 0 aliphatic carbocycles. The molecule has 1 aromatic heterocycles. The second-order valence-corrected chi connectivity index (χ2v) is 6.91. The maximum Gasteiger partial charge on any atom is 0.273 e. The number of benzene rings is 1. The van der Waals surface area contributed by atoms with E-state index in [1.807, 2.05) is 0 Å². The van der Waals surface area contributed by atoms with Gasteiger partial charge in [-0.25, -0.2) is 17.8 Å². The number of halogens is 2. The molecule has 1 N–H and O–H groups in total. The molecule has 0 unspecified atom stereocenters. The number of sulfonamides is 1. The van der Waals surface area contributed by atoms with Crippen LogP contribution in [0.1, 0.15) is 0 Å². The summed E-state index contributed by atoms with van der Waals surface area (Å²) in [7, 11) is -2.50. The van der Waals surface area contributed by atoms with Gasteiger partial charge in [0, 0.05) is 6.07 Å². The van der Waals surface area contributed by atoms with Gasteiger partial charge in [0.05, 0.1) is 19.0 Å². The van der Waals surface area contributed by atoms with Crippen LogP contribution >= 0.6 is 22.9 Å². The van der Waals surface area contributed by atoms with E-state index in [9.17, 15) is 12.8 Å². The number of hydrogen-bond acceptors (Lipinski definition) is 5. The predicted octanol–water partition coefficient (Wildman–Crippen LogP) is 2.75. The molecule has 0 radical (unpaired) electrons. The normalized spacial score (nSPS) is 11.3. The Kier molecular flexibility index (Phi) is 3.93. The fourth-order valence-electron chi connectivity index (χ4n) is 1.29. The lowest BCUT2D eigenvalue weighted by atomic mass is 10.3. The van der Waals surface area contributed by atoms with Crippen LogP contribution < -0.4 is 9.46 Å². The number of methoxy groups -OCH3 is 1. The third-order valence-corrected chi connectivity index (χ3v) is 5.08. The summed E-state index contributed by atoms with van der Waals surface area (Å²) in [6, 6.07) is 3.64. The first kappa shape index (κ1) is 14.0. The third kappa shape index (κ3) is 3.14. The van der Waals surface area contributed by atoms with Gasteiger partial charge in [-0.15, -0.1) is 0 Å². The number of anilines is 1. The van der Waals surface area contributed by atoms with E-state index in [2.05, 4.69) is 9.71 Å². The second-order valence-electron chi connectivity index (χ2n) is 3.39. The van der Waals surface area contributed by atoms with E-state index >= 15 is 0 Å². The number of ether oxygens (including phenoxy) is 1. The molecule has 102 valence electrons. The summed E-state index contributed by atoms with van der Waals surface area (Å²) in [5.74, 6) is -0.631. The van der Waals surface area contributed by atoms with Crippen molar-refractivity contribution in [3.05, 3.63) is 34.7 Å². The highest BCUT2D eigenvalue weighted by Crippen LogP contribution is 2.27. The molecule has 0 saturated heterocycles. The molecule has 2 rings (SSSR count). The first-order chi connectivity index (χ1) is 8.92. The maximum absolute atomic E-state index is 13.2. The fraction of sp³-hybridized carbons (Fsp3) is 0.100. The first-order valence-corrected chi connectivity index (χ1v) is 7.58. The molecule has 1 aromatic carbocycles. The van der Waals surface area contributed by atoms with Crippen molar-refractivity contribution in [1.82, 2.24) is 4.98 Å². The van der Waals surface area contributed by atoms with E-state index in [-0.39, 0.29) is 20.1 Å². The second kappa shape index (κ2) is 5.32. The van der Waals surface area contributed by atoms with Crippen LogP contribution in [0.5, 0.6) is 5.75 Å². The zero-order valence-corrected chi connectivity index (χ0v) is 11.9. The lowest BCUT2D eigenvalue weighted by Crippen LogP contribution is -2.11. The Morgan fingerprint density at radius 1 is 1.47 bits per heavy atom. The summed E-state index contributed by atoms with van der Waals surface area (Å²) in [5.41, 5.74) is 0.183. The standard InChI is InChI=1S/C10H8ClFN2O3S2/c1-17-8-4-6(2-3-7(8)12)14-19(15,16)9-5-13-10(11)18-9/h2-5,14H,1H3. The van der Waals surface area contributed by atoms with Crippen molar-refractivity contribution in [1.29, 1.82) is 0 Å². The molecule has 0 amide bonds. The summed E-state index contributed by atoms with van der Waals surface area (Å²) in [6.07, 6.45) is 1.15. The Morgan fingerprint density at radius 3 is 2.79 bits per heavy atom. The van der Waals surface area contributed by atoms with Gasteiger partial charge in [0.25, 0.3) is 10.0 Å². The van der Waals surface area contributed by atoms with Crippen molar-refractivity contribution in [3.8, 4) is 5.75 Å². The summed E-state index contributed by atoms with van der Waals surface area (Å²) >= 11 is 6.41. The molecule has 9 heteroatoms. The van der Waals surface area contributed by atoms with Crippen LogP contribution in [0, 0.1) is 5.82 Å². The zero-order valence-electron chi connectivity index (χ0n) is 9.55. The van der Waals surface area contributed by atoms with E-state index in [1.165, 1.54) is 19.2 Å². The van der Waals surface area contributed by atoms with E-state index in [1.54, 1.807) is 0 Å². The van der Waals surface area contributed by atoms with Gasteiger partial charge in [-0.1, -0.05) is 22.9 Å². The molecule has 0 spiro atoms. The number of hydrogen-bond donors (Lipinski definition) is 1. The van der Waals surface area contributed by atoms with Crippen molar-refractivity contribution >= 4 is 38.6 Å². The Bertz CT molecular complexity index is 703. The molecular formula is C10H8ClFN2O3S2. The zero-order chi connectivity index (χ0) is 14.0. The van der Waals surface area contributed by atoms with Gasteiger partial charge >= 0.3 is 0 Å². The third-order valence-electron chi connectivity index (χ3n) is 2.12. The molecule has 0 saturated carbocycles. The first-order valence-electron chi connectivity index (χ1n) is 4.90. The molecule has 0 aliphatic rings. The summed E-state index contributed by atoms with van der Waals surface area (Å²) in [5, 5.41) is 0. The van der Waals surface area contributed by atoms with Crippen molar-refractivity contribution < 1.29 is 17.5 Å². The number of thiazole rings is 1. The van der Waals surface area contributed by atoms with Crippen molar-refractivity contribution in [3.63, 3.8) is 0 Å². The quantitative estimate of drug-likeness (QED) is 0.939. The van der Waals surface area contributed by atoms with Crippen LogP contribution in [0.2, 0.25) is 4.47 Å². The highest BCUT2D eigenvalue weighted by Gasteiger charge is 2.18. The average Bonchev–Trinajstić information content (AvgIpc) is 2.79. The molecule has 5 nitrogen and oxygen atoms in total. The van der Waals surface area contributed by atoms with Gasteiger partial charge in [0.1, 0.15) is 0 Å². The van der Waals surface area contributed by atoms with Crippen LogP contribution in [0.25, 0.3) is 0 Å². The van der Waals surface area contributed by atoms with Gasteiger partial charge in [0.2, 0.25) is 0 Å². The van der Waals surface area contributed by atoms with Gasteiger partial charge in [-0.3, -0.25) is 4.72 Å². The summed E-state index contributed by atoms with van der Waals surface area (Å²) in [6.45, 7) is 0. The van der Waals surface area contributed by atoms with Crippen molar-refractivity contribution in [2.45, 2.75) is 4.21 Å². The maximum atomic E-state index is 13.2. The van der Waals surface area contributed by atoms with Gasteiger partial charge < -0.3 is 4.74 Å². The largest absolute Gasteiger partial charge is 0.494 e. The van der Waals surface area contributed by atoms with Gasteiger partial charge in [-0.05, 0) is 12.1 Å². The Hall–Kier alpha value is -1.38. The average molecular weight is 323 g/mol. The Balaban J connectivity index is 2.30. The van der Waals surface area contributed by atoms with E-state index < -0.39 is 15.8 Å². The van der Waals surface area contributed by atoms with Crippen molar-refractivity contribution in [2.24, 2.45) is 0 Å². The molecule has 1 heterocycles. The molecule has 0 atom stereocenters. The molecule has 19 heavy (non-hydrogen) atoms. The van der Waals surface area contributed by atoms with Crippen LogP contribution in [0.3, 0.4) is 0 Å². The van der Waals surface area contributed by atoms with E-state index in [4.69, 9.17) is 16.3 Å². The number of aromatic nitrogens is 1. The number of nitrogens with one attached hydrogen (secondary N) is 1. The van der Waals surface area contributed by atoms with Crippen molar-refractivity contribution in [2.75, 3.05) is 11.8 Å². The Morgan fingerprint density at radius 2 is 2.21 bits per heavy atom. The lowest BCUT2D eigenvalue weighted by molar-refractivity contribution is 0.387. The summed E-state index contributed by atoms with van der Waals surface area (Å²) in [4.78, 5) is 3.65. The predicted molar refractivity (Wildman–Crippen MR) is 70.9 cm³/mol. The van der Waals surface area contributed by atoms with Crippen LogP contribution in [-0.4, -0.2) is 20.5 Å². The summed E-state index contributed by atoms with van der Waals surface area (Å²) < 4.78 is 44.3. The van der Waals surface area contributed by atoms with Crippen LogP contribution in [-0.2, 0) is 10.0 Å². The minimum Gasteiger partial charge on any atom is -0.494 e. The SMILES string of the molecule is COc1cc(NS(=O)(=O)c2cnc(Cl)s2)ccc1F. The minimum atomic E-state index is -3.79. The van der Waals surface area contributed by atoms with Gasteiger partial charge in [-0.2, -0.15) is 0 Å². The van der Waals surface area contributed by atoms with Gasteiger partial charge in [0.15, 0.2) is 20.2 Å². The van der Waals surface area contributed by atoms with E-state index in [0.717, 1.165) is 23.6 Å². The van der Waals surface area contributed by atoms with E-state index in [0.29, 0.717) is 0 Å². The molecular weight excluding hydrogens is 315 g/mol. The molecule has 0 fully saturated rings. The minimum absolute atomic E-state index is 0.0270. The van der Waals surface area contributed by atoms with Crippen LogP contribution in [0.4, 0.5) is 10.1 Å². The molecule has 0 aliphatic heterocycles. The topological polar surface area (TPSA) is 68.3 Å². The Labute approximate surface area is 118 Å².